The van der Waals surface area contributed by atoms with Gasteiger partial charge in [0.2, 0.25) is 0 Å². The van der Waals surface area contributed by atoms with Crippen LogP contribution in [0.1, 0.15) is 35.3 Å². The number of allylic oxidation sites excluding steroid dienone is 4. The van der Waals surface area contributed by atoms with E-state index in [4.69, 9.17) is 14.2 Å². The molecule has 5 heteroatoms. The molecule has 0 aromatic heterocycles. The fourth-order valence-corrected chi connectivity index (χ4v) is 4.24. The number of ether oxygens (including phenoxy) is 3. The van der Waals surface area contributed by atoms with Gasteiger partial charge >= 0.3 is 0 Å². The second-order valence-electron chi connectivity index (χ2n) is 8.77. The van der Waals surface area contributed by atoms with Crippen molar-refractivity contribution in [1.82, 2.24) is 4.90 Å². The lowest BCUT2D eigenvalue weighted by Gasteiger charge is -2.30. The lowest BCUT2D eigenvalue weighted by atomic mass is 10.00. The summed E-state index contributed by atoms with van der Waals surface area (Å²) in [6, 6.07) is 25.3. The Balaban J connectivity index is 1.73. The number of ketones is 1. The number of hydrogen-bond donors (Lipinski definition) is 0. The van der Waals surface area contributed by atoms with Gasteiger partial charge in [-0.05, 0) is 60.9 Å². The van der Waals surface area contributed by atoms with Crippen molar-refractivity contribution >= 4 is 17.4 Å². The van der Waals surface area contributed by atoms with E-state index in [1.165, 1.54) is 0 Å². The third-order valence-electron chi connectivity index (χ3n) is 6.15. The van der Waals surface area contributed by atoms with Crippen LogP contribution in [0.5, 0.6) is 11.5 Å². The minimum Gasteiger partial charge on any atom is -0.490 e. The fraction of sp³-hybridized carbons (Fsp3) is 0.242. The van der Waals surface area contributed by atoms with Gasteiger partial charge in [-0.15, -0.1) is 0 Å². The van der Waals surface area contributed by atoms with E-state index in [9.17, 15) is 4.79 Å². The summed E-state index contributed by atoms with van der Waals surface area (Å²) >= 11 is 0. The molecule has 3 aromatic rings. The van der Waals surface area contributed by atoms with Crippen molar-refractivity contribution in [3.63, 3.8) is 0 Å². The van der Waals surface area contributed by atoms with Crippen LogP contribution in [0.4, 0.5) is 0 Å². The molecule has 196 valence electrons. The van der Waals surface area contributed by atoms with E-state index in [2.05, 4.69) is 23.1 Å². The van der Waals surface area contributed by atoms with Crippen LogP contribution in [-0.4, -0.2) is 50.2 Å². The lowest BCUT2D eigenvalue weighted by molar-refractivity contribution is 0.0555. The molecule has 0 bridgehead atoms. The molecule has 1 aliphatic heterocycles. The van der Waals surface area contributed by atoms with Crippen LogP contribution >= 0.6 is 0 Å². The lowest BCUT2D eigenvalue weighted by Crippen LogP contribution is -2.35. The predicted octanol–water partition coefficient (Wildman–Crippen LogP) is 6.68. The maximum atomic E-state index is 13.2. The summed E-state index contributed by atoms with van der Waals surface area (Å²) in [6.07, 6.45) is 7.99. The molecule has 0 atom stereocenters. The highest BCUT2D eigenvalue weighted by molar-refractivity contribution is 6.09. The number of benzene rings is 3. The minimum atomic E-state index is -0.0288. The summed E-state index contributed by atoms with van der Waals surface area (Å²) in [4.78, 5) is 15.5. The Hall–Kier alpha value is -4.09. The summed E-state index contributed by atoms with van der Waals surface area (Å²) < 4.78 is 17.1. The monoisotopic (exact) mass is 509 g/mol. The molecule has 1 saturated heterocycles. The molecule has 1 fully saturated rings. The molecule has 0 spiro atoms. The quantitative estimate of drug-likeness (QED) is 0.164. The molecule has 3 aromatic carbocycles. The molecular formula is C33H35NO4. The molecule has 0 N–H and O–H groups in total. The van der Waals surface area contributed by atoms with Crippen LogP contribution in [0, 0.1) is 0 Å². The Labute approximate surface area is 225 Å². The zero-order valence-electron chi connectivity index (χ0n) is 22.1. The van der Waals surface area contributed by atoms with Gasteiger partial charge in [-0.25, -0.2) is 0 Å². The smallest absolute Gasteiger partial charge is 0.186 e. The molecule has 4 rings (SSSR count). The fourth-order valence-electron chi connectivity index (χ4n) is 4.24. The van der Waals surface area contributed by atoms with Crippen molar-refractivity contribution < 1.29 is 19.0 Å². The second kappa shape index (κ2) is 14.0. The Bertz CT molecular complexity index is 1270. The van der Waals surface area contributed by atoms with E-state index in [1.807, 2.05) is 92.7 Å². The van der Waals surface area contributed by atoms with Crippen LogP contribution in [0.3, 0.4) is 0 Å². The van der Waals surface area contributed by atoms with Crippen LogP contribution < -0.4 is 9.47 Å². The molecule has 5 nitrogen and oxygen atoms in total. The van der Waals surface area contributed by atoms with Crippen molar-refractivity contribution in [3.8, 4) is 11.5 Å². The first-order valence-electron chi connectivity index (χ1n) is 13.2. The minimum absolute atomic E-state index is 0.0288. The standard InChI is InChI=1S/C33H35NO4/c1-3-37-32-18-16-26(23-33(32)38-4-2)15-17-30(34-19-21-36-22-20-34)24-29(27-11-7-5-8-12-27)25-31(35)28-13-9-6-10-14-28/h5-18,23-25H,3-4,19-22H2,1-2H3/b17-15+,29-25-,30-24-. The normalized spacial score (nSPS) is 14.5. The average Bonchev–Trinajstić information content (AvgIpc) is 2.97. The summed E-state index contributed by atoms with van der Waals surface area (Å²) in [7, 11) is 0. The van der Waals surface area contributed by atoms with Crippen molar-refractivity contribution in [1.29, 1.82) is 0 Å². The molecule has 0 amide bonds. The first kappa shape index (κ1) is 27.0. The average molecular weight is 510 g/mol. The van der Waals surface area contributed by atoms with Gasteiger partial charge in [0.05, 0.1) is 26.4 Å². The van der Waals surface area contributed by atoms with Crippen LogP contribution in [-0.2, 0) is 4.74 Å². The predicted molar refractivity (Wildman–Crippen MR) is 153 cm³/mol. The van der Waals surface area contributed by atoms with E-state index in [0.29, 0.717) is 32.0 Å². The van der Waals surface area contributed by atoms with Crippen LogP contribution in [0.25, 0.3) is 11.6 Å². The summed E-state index contributed by atoms with van der Waals surface area (Å²) in [6.45, 7) is 7.94. The van der Waals surface area contributed by atoms with E-state index in [0.717, 1.165) is 47.0 Å². The zero-order chi connectivity index (χ0) is 26.6. The zero-order valence-corrected chi connectivity index (χ0v) is 22.1. The van der Waals surface area contributed by atoms with E-state index in [1.54, 1.807) is 6.08 Å². The first-order chi connectivity index (χ1) is 18.7. The van der Waals surface area contributed by atoms with E-state index in [-0.39, 0.29) is 5.78 Å². The molecule has 0 aliphatic carbocycles. The van der Waals surface area contributed by atoms with Gasteiger partial charge in [-0.3, -0.25) is 4.79 Å². The van der Waals surface area contributed by atoms with Gasteiger partial charge in [0.1, 0.15) is 0 Å². The Morgan fingerprint density at radius 1 is 0.816 bits per heavy atom. The molecule has 0 unspecified atom stereocenters. The second-order valence-corrected chi connectivity index (χ2v) is 8.77. The first-order valence-corrected chi connectivity index (χ1v) is 13.2. The third kappa shape index (κ3) is 7.46. The van der Waals surface area contributed by atoms with Crippen molar-refractivity contribution in [2.45, 2.75) is 13.8 Å². The Morgan fingerprint density at radius 3 is 2.11 bits per heavy atom. The number of carbonyl (C=O) groups is 1. The van der Waals surface area contributed by atoms with Gasteiger partial charge in [-0.1, -0.05) is 72.8 Å². The number of hydrogen-bond acceptors (Lipinski definition) is 5. The number of carbonyl (C=O) groups excluding carboxylic acids is 1. The third-order valence-corrected chi connectivity index (χ3v) is 6.15. The molecule has 38 heavy (non-hydrogen) atoms. The summed E-state index contributed by atoms with van der Waals surface area (Å²) in [5.41, 5.74) is 4.51. The molecule has 1 heterocycles. The van der Waals surface area contributed by atoms with E-state index < -0.39 is 0 Å². The van der Waals surface area contributed by atoms with E-state index >= 15 is 0 Å². The number of morpholine rings is 1. The highest BCUT2D eigenvalue weighted by Crippen LogP contribution is 2.29. The highest BCUT2D eigenvalue weighted by atomic mass is 16.5. The van der Waals surface area contributed by atoms with Gasteiger partial charge < -0.3 is 19.1 Å². The number of rotatable bonds is 11. The van der Waals surface area contributed by atoms with Crippen molar-refractivity contribution in [2.75, 3.05) is 39.5 Å². The maximum absolute atomic E-state index is 13.2. The van der Waals surface area contributed by atoms with Gasteiger partial charge in [0, 0.05) is 24.4 Å². The highest BCUT2D eigenvalue weighted by Gasteiger charge is 2.14. The van der Waals surface area contributed by atoms with Gasteiger partial charge in [-0.2, -0.15) is 0 Å². The molecular weight excluding hydrogens is 474 g/mol. The molecule has 1 aliphatic rings. The van der Waals surface area contributed by atoms with Gasteiger partial charge in [0.15, 0.2) is 17.3 Å². The molecule has 0 radical (unpaired) electrons. The summed E-state index contributed by atoms with van der Waals surface area (Å²) in [5, 5.41) is 0. The largest absolute Gasteiger partial charge is 0.490 e. The molecule has 0 saturated carbocycles. The Morgan fingerprint density at radius 2 is 1.45 bits per heavy atom. The van der Waals surface area contributed by atoms with Crippen molar-refractivity contribution in [3.05, 3.63) is 119 Å². The summed E-state index contributed by atoms with van der Waals surface area (Å²) in [5.74, 6) is 1.44. The topological polar surface area (TPSA) is 48.0 Å². The SMILES string of the molecule is CCOc1ccc(/C=C/C(=C/C(=C/C(=O)c2ccccc2)c2ccccc2)N2CCOCC2)cc1OCC. The maximum Gasteiger partial charge on any atom is 0.186 e. The van der Waals surface area contributed by atoms with Crippen molar-refractivity contribution in [2.24, 2.45) is 0 Å². The van der Waals surface area contributed by atoms with Crippen LogP contribution in [0.2, 0.25) is 0 Å². The Kier molecular flexibility index (Phi) is 9.94. The van der Waals surface area contributed by atoms with Gasteiger partial charge in [0.25, 0.3) is 0 Å². The number of nitrogens with zero attached hydrogens (tertiary/aromatic N) is 1. The van der Waals surface area contributed by atoms with Crippen LogP contribution in [0.15, 0.2) is 103 Å².